The predicted octanol–water partition coefficient (Wildman–Crippen LogP) is 5.68. The number of nitrogens with one attached hydrogen (secondary N) is 2. The van der Waals surface area contributed by atoms with Crippen molar-refractivity contribution in [2.75, 3.05) is 6.54 Å². The molecule has 4 atom stereocenters. The molecule has 0 saturated heterocycles. The van der Waals surface area contributed by atoms with E-state index in [4.69, 9.17) is 9.47 Å². The van der Waals surface area contributed by atoms with Crippen LogP contribution in [-0.2, 0) is 11.2 Å². The Kier molecular flexibility index (Phi) is 8.63. The van der Waals surface area contributed by atoms with Gasteiger partial charge in [0.05, 0.1) is 12.1 Å². The number of alkyl halides is 3. The average Bonchev–Trinajstić information content (AvgIpc) is 2.76. The lowest BCUT2D eigenvalue weighted by molar-refractivity contribution is -0.249. The summed E-state index contributed by atoms with van der Waals surface area (Å²) in [7, 11) is 0. The van der Waals surface area contributed by atoms with Gasteiger partial charge in [0.25, 0.3) is 0 Å². The molecule has 0 saturated carbocycles. The van der Waals surface area contributed by atoms with Gasteiger partial charge in [0, 0.05) is 29.0 Å². The maximum Gasteiger partial charge on any atom is 0.428 e. The van der Waals surface area contributed by atoms with E-state index in [-0.39, 0.29) is 18.7 Å². The Hall–Kier alpha value is -2.30. The smallest absolute Gasteiger partial charge is 0.428 e. The van der Waals surface area contributed by atoms with Crippen molar-refractivity contribution < 1.29 is 32.5 Å². The highest BCUT2D eigenvalue weighted by molar-refractivity contribution is 9.10. The number of aliphatic hydroxyl groups excluding tert-OH is 1. The van der Waals surface area contributed by atoms with Crippen LogP contribution in [0.15, 0.2) is 53.0 Å². The van der Waals surface area contributed by atoms with Crippen LogP contribution in [0.3, 0.4) is 0 Å². The van der Waals surface area contributed by atoms with Crippen LogP contribution in [-0.4, -0.2) is 47.3 Å². The lowest BCUT2D eigenvalue weighted by atomic mass is 9.87. The maximum atomic E-state index is 13.8. The van der Waals surface area contributed by atoms with E-state index in [9.17, 15) is 23.1 Å². The fraction of sp³-hybridized carbons (Fsp3) is 0.500. The van der Waals surface area contributed by atoms with E-state index in [1.54, 1.807) is 32.9 Å². The Morgan fingerprint density at radius 1 is 1.22 bits per heavy atom. The highest BCUT2D eigenvalue weighted by atomic mass is 79.9. The third-order valence-electron chi connectivity index (χ3n) is 5.91. The van der Waals surface area contributed by atoms with Gasteiger partial charge in [0.1, 0.15) is 11.4 Å². The number of benzene rings is 2. The number of hydrogen-bond donors (Lipinski definition) is 3. The van der Waals surface area contributed by atoms with E-state index in [1.807, 2.05) is 30.3 Å². The minimum absolute atomic E-state index is 0.0716. The lowest BCUT2D eigenvalue weighted by Gasteiger charge is -2.41. The summed E-state index contributed by atoms with van der Waals surface area (Å²) in [5.74, 6) is 0.129. The van der Waals surface area contributed by atoms with Crippen LogP contribution in [0.5, 0.6) is 5.75 Å². The molecule has 10 heteroatoms. The van der Waals surface area contributed by atoms with E-state index >= 15 is 0 Å². The molecule has 6 nitrogen and oxygen atoms in total. The molecule has 2 aromatic carbocycles. The van der Waals surface area contributed by atoms with E-state index in [2.05, 4.69) is 26.6 Å². The molecule has 2 aromatic rings. The molecule has 1 aliphatic heterocycles. The van der Waals surface area contributed by atoms with Gasteiger partial charge in [-0.25, -0.2) is 4.79 Å². The number of halogens is 4. The van der Waals surface area contributed by atoms with Crippen molar-refractivity contribution in [1.82, 2.24) is 10.6 Å². The van der Waals surface area contributed by atoms with E-state index in [0.29, 0.717) is 16.5 Å². The fourth-order valence-electron chi connectivity index (χ4n) is 4.04. The van der Waals surface area contributed by atoms with Crippen molar-refractivity contribution in [3.05, 3.63) is 64.1 Å². The van der Waals surface area contributed by atoms with Gasteiger partial charge < -0.3 is 25.2 Å². The molecule has 0 fully saturated rings. The number of aliphatic hydroxyl groups is 1. The van der Waals surface area contributed by atoms with E-state index < -0.39 is 41.7 Å². The Morgan fingerprint density at radius 2 is 1.89 bits per heavy atom. The summed E-state index contributed by atoms with van der Waals surface area (Å²) in [6.45, 7) is 6.14. The van der Waals surface area contributed by atoms with Crippen LogP contribution in [0.2, 0.25) is 0 Å². The number of hydrogen-bond acceptors (Lipinski definition) is 5. The minimum atomic E-state index is -4.59. The topological polar surface area (TPSA) is 79.8 Å². The highest BCUT2D eigenvalue weighted by Gasteiger charge is 2.56. The van der Waals surface area contributed by atoms with Crippen LogP contribution in [0.1, 0.15) is 51.3 Å². The third kappa shape index (κ3) is 7.36. The molecule has 0 radical (unpaired) electrons. The first-order chi connectivity index (χ1) is 16.7. The first-order valence-corrected chi connectivity index (χ1v) is 12.5. The summed E-state index contributed by atoms with van der Waals surface area (Å²) in [4.78, 5) is 12.5. The Labute approximate surface area is 217 Å². The van der Waals surface area contributed by atoms with Crippen molar-refractivity contribution in [2.45, 2.75) is 76.1 Å². The van der Waals surface area contributed by atoms with Gasteiger partial charge in [-0.2, -0.15) is 13.2 Å². The Morgan fingerprint density at radius 3 is 2.50 bits per heavy atom. The van der Waals surface area contributed by atoms with Gasteiger partial charge in [0.15, 0.2) is 0 Å². The number of alkyl carbamates (subject to hydrolysis) is 1. The second-order valence-electron chi connectivity index (χ2n) is 10.2. The van der Waals surface area contributed by atoms with Gasteiger partial charge in [-0.05, 0) is 57.9 Å². The van der Waals surface area contributed by atoms with E-state index in [1.165, 1.54) is 6.07 Å². The highest BCUT2D eigenvalue weighted by Crippen LogP contribution is 2.47. The standard InChI is InChI=1S/C26H32BrF3N2O4/c1-24(2,3)36-23(34)32-19(12-16-8-6-5-7-9-16)21(33)15-31-20-14-25(4,26(28,29)30)35-22-11-10-17(27)13-18(20)22/h5-11,13,19-21,31,33H,12,14-15H2,1-4H3,(H,32,34)/t19-,20-,21+,25?/m0/s1. The van der Waals surface area contributed by atoms with Crippen molar-refractivity contribution in [3.63, 3.8) is 0 Å². The van der Waals surface area contributed by atoms with Crippen molar-refractivity contribution in [1.29, 1.82) is 0 Å². The largest absolute Gasteiger partial charge is 0.478 e. The number of carbonyl (C=O) groups excluding carboxylic acids is 1. The zero-order valence-corrected chi connectivity index (χ0v) is 22.2. The number of amides is 1. The lowest BCUT2D eigenvalue weighted by Crippen LogP contribution is -2.54. The van der Waals surface area contributed by atoms with Gasteiger partial charge in [-0.15, -0.1) is 0 Å². The molecule has 0 aliphatic carbocycles. The molecule has 0 aromatic heterocycles. The van der Waals surface area contributed by atoms with Crippen LogP contribution in [0.4, 0.5) is 18.0 Å². The van der Waals surface area contributed by atoms with E-state index in [0.717, 1.165) is 12.5 Å². The third-order valence-corrected chi connectivity index (χ3v) is 6.41. The first kappa shape index (κ1) is 28.3. The number of fused-ring (bicyclic) bond motifs is 1. The molecular weight excluding hydrogens is 541 g/mol. The monoisotopic (exact) mass is 572 g/mol. The molecule has 1 amide bonds. The minimum Gasteiger partial charge on any atom is -0.478 e. The first-order valence-electron chi connectivity index (χ1n) is 11.7. The quantitative estimate of drug-likeness (QED) is 0.398. The summed E-state index contributed by atoms with van der Waals surface area (Å²) in [5, 5.41) is 16.8. The second-order valence-corrected chi connectivity index (χ2v) is 11.1. The molecular formula is C26H32BrF3N2O4. The van der Waals surface area contributed by atoms with Crippen LogP contribution < -0.4 is 15.4 Å². The number of carbonyl (C=O) groups is 1. The molecule has 1 heterocycles. The van der Waals surface area contributed by atoms with Crippen molar-refractivity contribution >= 4 is 22.0 Å². The van der Waals surface area contributed by atoms with Gasteiger partial charge >= 0.3 is 12.3 Å². The van der Waals surface area contributed by atoms with Crippen molar-refractivity contribution in [2.24, 2.45) is 0 Å². The summed E-state index contributed by atoms with van der Waals surface area (Å²) in [6.07, 6.45) is -6.47. The zero-order chi connectivity index (χ0) is 26.7. The summed E-state index contributed by atoms with van der Waals surface area (Å²) < 4.78 is 53.0. The second kappa shape index (κ2) is 11.0. The van der Waals surface area contributed by atoms with Crippen LogP contribution >= 0.6 is 15.9 Å². The molecule has 0 spiro atoms. The zero-order valence-electron chi connectivity index (χ0n) is 20.7. The molecule has 3 N–H and O–H groups in total. The van der Waals surface area contributed by atoms with Crippen molar-refractivity contribution in [3.8, 4) is 5.75 Å². The summed E-state index contributed by atoms with van der Waals surface area (Å²) >= 11 is 3.36. The average molecular weight is 573 g/mol. The Bertz CT molecular complexity index is 1050. The molecule has 1 unspecified atom stereocenters. The summed E-state index contributed by atoms with van der Waals surface area (Å²) in [6, 6.07) is 12.6. The van der Waals surface area contributed by atoms with Gasteiger partial charge in [0.2, 0.25) is 5.60 Å². The molecule has 1 aliphatic rings. The summed E-state index contributed by atoms with van der Waals surface area (Å²) in [5.41, 5.74) is -1.69. The number of ether oxygens (including phenoxy) is 2. The Balaban J connectivity index is 1.79. The number of rotatable bonds is 7. The fourth-order valence-corrected chi connectivity index (χ4v) is 4.42. The van der Waals surface area contributed by atoms with Gasteiger partial charge in [-0.1, -0.05) is 46.3 Å². The van der Waals surface area contributed by atoms with Crippen LogP contribution in [0, 0.1) is 0 Å². The molecule has 36 heavy (non-hydrogen) atoms. The maximum absolute atomic E-state index is 13.8. The predicted molar refractivity (Wildman–Crippen MR) is 134 cm³/mol. The van der Waals surface area contributed by atoms with Gasteiger partial charge in [-0.3, -0.25) is 0 Å². The molecule has 198 valence electrons. The SMILES string of the molecule is CC(C)(C)OC(=O)N[C@@H](Cc1ccccc1)[C@H](O)CN[C@H]1CC(C)(C(F)(F)F)Oc2ccc(Br)cc21. The van der Waals surface area contributed by atoms with Crippen LogP contribution in [0.25, 0.3) is 0 Å². The molecule has 3 rings (SSSR count). The normalized spacial score (nSPS) is 21.6. The molecule has 0 bridgehead atoms.